The molecule has 1 saturated heterocycles. The van der Waals surface area contributed by atoms with Crippen LogP contribution in [0, 0.1) is 0 Å². The lowest BCUT2D eigenvalue weighted by Gasteiger charge is -2.33. The van der Waals surface area contributed by atoms with Crippen LogP contribution in [0.4, 0.5) is 5.69 Å². The molecule has 2 rings (SSSR count). The van der Waals surface area contributed by atoms with Gasteiger partial charge in [0.2, 0.25) is 0 Å². The van der Waals surface area contributed by atoms with Gasteiger partial charge in [-0.25, -0.2) is 0 Å². The second-order valence-electron chi connectivity index (χ2n) is 4.52. The van der Waals surface area contributed by atoms with Crippen molar-refractivity contribution in [3.63, 3.8) is 0 Å². The summed E-state index contributed by atoms with van der Waals surface area (Å²) < 4.78 is 5.57. The Morgan fingerprint density at radius 2 is 2.53 bits per heavy atom. The molecule has 1 aromatic rings. The van der Waals surface area contributed by atoms with Crippen molar-refractivity contribution < 1.29 is 9.84 Å². The van der Waals surface area contributed by atoms with Gasteiger partial charge in [0, 0.05) is 37.6 Å². The van der Waals surface area contributed by atoms with E-state index >= 15 is 0 Å². The molecule has 1 aliphatic heterocycles. The van der Waals surface area contributed by atoms with Gasteiger partial charge in [-0.2, -0.15) is 0 Å². The van der Waals surface area contributed by atoms with Crippen molar-refractivity contribution in [3.8, 4) is 0 Å². The lowest BCUT2D eigenvalue weighted by atomic mass is 10.0. The van der Waals surface area contributed by atoms with E-state index in [-0.39, 0.29) is 6.10 Å². The van der Waals surface area contributed by atoms with E-state index in [2.05, 4.69) is 9.88 Å². The van der Waals surface area contributed by atoms with Gasteiger partial charge in [0.15, 0.2) is 0 Å². The Balaban J connectivity index is 1.96. The summed E-state index contributed by atoms with van der Waals surface area (Å²) in [5.41, 5.74) is 7.37. The fraction of sp³-hybridized carbons (Fsp3) is 0.583. The summed E-state index contributed by atoms with van der Waals surface area (Å²) in [4.78, 5) is 6.17. The molecule has 5 heteroatoms. The minimum absolute atomic E-state index is 0.145. The third-order valence-corrected chi connectivity index (χ3v) is 3.10. The lowest BCUT2D eigenvalue weighted by molar-refractivity contribution is -0.0823. The first-order chi connectivity index (χ1) is 8.16. The Morgan fingerprint density at radius 3 is 3.24 bits per heavy atom. The normalized spacial score (nSPS) is 23.5. The van der Waals surface area contributed by atoms with Gasteiger partial charge in [-0.3, -0.25) is 4.98 Å². The molecule has 0 bridgehead atoms. The van der Waals surface area contributed by atoms with Crippen LogP contribution in [0.2, 0.25) is 0 Å². The maximum absolute atomic E-state index is 10.1. The largest absolute Gasteiger partial charge is 0.398 e. The first-order valence-corrected chi connectivity index (χ1v) is 5.83. The number of aliphatic hydroxyl groups excluding tert-OH is 1. The van der Waals surface area contributed by atoms with Crippen LogP contribution in [0.5, 0.6) is 0 Å². The van der Waals surface area contributed by atoms with E-state index in [0.29, 0.717) is 18.7 Å². The summed E-state index contributed by atoms with van der Waals surface area (Å²) in [5, 5.41) is 10.1. The number of hydrogen-bond donors (Lipinski definition) is 2. The molecule has 0 amide bonds. The van der Waals surface area contributed by atoms with Crippen LogP contribution < -0.4 is 5.73 Å². The van der Waals surface area contributed by atoms with Crippen molar-refractivity contribution in [3.05, 3.63) is 24.0 Å². The third kappa shape index (κ3) is 3.15. The van der Waals surface area contributed by atoms with Gasteiger partial charge in [-0.15, -0.1) is 0 Å². The number of rotatable bonds is 3. The molecule has 0 aliphatic carbocycles. The molecular formula is C12H19N3O2. The molecule has 5 nitrogen and oxygen atoms in total. The summed E-state index contributed by atoms with van der Waals surface area (Å²) >= 11 is 0. The van der Waals surface area contributed by atoms with Crippen LogP contribution in [-0.4, -0.2) is 53.9 Å². The van der Waals surface area contributed by atoms with Gasteiger partial charge in [-0.05, 0) is 18.7 Å². The number of nitrogens with two attached hydrogens (primary N) is 1. The first-order valence-electron chi connectivity index (χ1n) is 5.83. The highest BCUT2D eigenvalue weighted by Gasteiger charge is 2.25. The van der Waals surface area contributed by atoms with Crippen LogP contribution in [0.1, 0.15) is 5.56 Å². The van der Waals surface area contributed by atoms with Crippen molar-refractivity contribution in [2.24, 2.45) is 0 Å². The smallest absolute Gasteiger partial charge is 0.0964 e. The number of nitrogens with zero attached hydrogens (tertiary/aromatic N) is 2. The molecule has 0 saturated carbocycles. The Labute approximate surface area is 101 Å². The highest BCUT2D eigenvalue weighted by atomic mass is 16.5. The van der Waals surface area contributed by atoms with Crippen molar-refractivity contribution >= 4 is 5.69 Å². The number of hydrogen-bond acceptors (Lipinski definition) is 5. The van der Waals surface area contributed by atoms with Crippen molar-refractivity contribution in [1.82, 2.24) is 9.88 Å². The second kappa shape index (κ2) is 5.44. The van der Waals surface area contributed by atoms with Crippen molar-refractivity contribution in [2.45, 2.75) is 18.6 Å². The number of morpholine rings is 1. The molecule has 94 valence electrons. The molecule has 2 heterocycles. The second-order valence-corrected chi connectivity index (χ2v) is 4.52. The van der Waals surface area contributed by atoms with E-state index in [1.807, 2.05) is 7.05 Å². The van der Waals surface area contributed by atoms with Crippen LogP contribution in [0.15, 0.2) is 18.5 Å². The van der Waals surface area contributed by atoms with Gasteiger partial charge in [0.25, 0.3) is 0 Å². The number of anilines is 1. The molecule has 2 unspecified atom stereocenters. The zero-order valence-electron chi connectivity index (χ0n) is 10.0. The van der Waals surface area contributed by atoms with Crippen LogP contribution in [0.3, 0.4) is 0 Å². The summed E-state index contributed by atoms with van der Waals surface area (Å²) in [6, 6.07) is 1.75. The number of likely N-dealkylation sites (N-methyl/N-ethyl adjacent to an activating group) is 1. The van der Waals surface area contributed by atoms with Gasteiger partial charge < -0.3 is 20.5 Å². The van der Waals surface area contributed by atoms with Crippen LogP contribution in [0.25, 0.3) is 0 Å². The maximum atomic E-state index is 10.1. The molecular weight excluding hydrogens is 218 g/mol. The average molecular weight is 237 g/mol. The summed E-state index contributed by atoms with van der Waals surface area (Å²) in [6.45, 7) is 2.33. The Bertz CT molecular complexity index is 373. The molecule has 0 aromatic carbocycles. The molecule has 0 spiro atoms. The minimum atomic E-state index is -0.538. The standard InChI is InChI=1S/C12H19N3O2/c1-15-4-5-17-12(8-15)11(16)6-9-7-14-3-2-10(9)13/h2-3,7,11-12,16H,4-6,8H2,1H3,(H2,13,14). The van der Waals surface area contributed by atoms with Crippen LogP contribution in [-0.2, 0) is 11.2 Å². The van der Waals surface area contributed by atoms with Crippen LogP contribution >= 0.6 is 0 Å². The zero-order chi connectivity index (χ0) is 12.3. The van der Waals surface area contributed by atoms with E-state index < -0.39 is 6.10 Å². The fourth-order valence-corrected chi connectivity index (χ4v) is 2.01. The van der Waals surface area contributed by atoms with E-state index in [9.17, 15) is 5.11 Å². The number of nitrogen functional groups attached to an aromatic ring is 1. The molecule has 2 atom stereocenters. The minimum Gasteiger partial charge on any atom is -0.398 e. The topological polar surface area (TPSA) is 71.6 Å². The molecule has 1 fully saturated rings. The predicted molar refractivity (Wildman–Crippen MR) is 65.6 cm³/mol. The number of ether oxygens (including phenoxy) is 1. The predicted octanol–water partition coefficient (Wildman–Crippen LogP) is -0.102. The molecule has 1 aromatic heterocycles. The third-order valence-electron chi connectivity index (χ3n) is 3.10. The molecule has 3 N–H and O–H groups in total. The van der Waals surface area contributed by atoms with E-state index in [1.54, 1.807) is 18.5 Å². The first kappa shape index (κ1) is 12.3. The summed E-state index contributed by atoms with van der Waals surface area (Å²) in [5.74, 6) is 0. The molecule has 0 radical (unpaired) electrons. The average Bonchev–Trinajstić information content (AvgIpc) is 2.32. The highest BCUT2D eigenvalue weighted by molar-refractivity contribution is 5.44. The van der Waals surface area contributed by atoms with Crippen molar-refractivity contribution in [1.29, 1.82) is 0 Å². The molecule has 17 heavy (non-hydrogen) atoms. The maximum Gasteiger partial charge on any atom is 0.0964 e. The number of pyridine rings is 1. The quantitative estimate of drug-likeness (QED) is 0.768. The van der Waals surface area contributed by atoms with Gasteiger partial charge in [-0.1, -0.05) is 0 Å². The lowest BCUT2D eigenvalue weighted by Crippen LogP contribution is -2.46. The van der Waals surface area contributed by atoms with E-state index in [4.69, 9.17) is 10.5 Å². The highest BCUT2D eigenvalue weighted by Crippen LogP contribution is 2.16. The monoisotopic (exact) mass is 237 g/mol. The Kier molecular flexibility index (Phi) is 3.93. The molecule has 1 aliphatic rings. The zero-order valence-corrected chi connectivity index (χ0v) is 10.0. The SMILES string of the molecule is CN1CCOC(C(O)Cc2cnccc2N)C1. The summed E-state index contributed by atoms with van der Waals surface area (Å²) in [6.07, 6.45) is 3.15. The Hall–Kier alpha value is -1.17. The number of aliphatic hydroxyl groups is 1. The summed E-state index contributed by atoms with van der Waals surface area (Å²) in [7, 11) is 2.03. The van der Waals surface area contributed by atoms with E-state index in [0.717, 1.165) is 18.7 Å². The van der Waals surface area contributed by atoms with Gasteiger partial charge >= 0.3 is 0 Å². The number of aromatic nitrogens is 1. The fourth-order valence-electron chi connectivity index (χ4n) is 2.01. The van der Waals surface area contributed by atoms with Crippen molar-refractivity contribution in [2.75, 3.05) is 32.5 Å². The van der Waals surface area contributed by atoms with Gasteiger partial charge in [0.05, 0.1) is 18.8 Å². The van der Waals surface area contributed by atoms with E-state index in [1.165, 1.54) is 0 Å². The Morgan fingerprint density at radius 1 is 1.71 bits per heavy atom. The van der Waals surface area contributed by atoms with Gasteiger partial charge in [0.1, 0.15) is 0 Å².